The van der Waals surface area contributed by atoms with Gasteiger partial charge in [-0.2, -0.15) is 0 Å². The van der Waals surface area contributed by atoms with Gasteiger partial charge in [0, 0.05) is 5.92 Å². The second-order valence-electron chi connectivity index (χ2n) is 9.27. The van der Waals surface area contributed by atoms with Crippen molar-refractivity contribution in [3.8, 4) is 0 Å². The standard InChI is InChI=1S/C29H34/c1-17-10-8-11-18(2)29(17)19(3)14-24-12-9-13-26(24)25-15-27-22(6)20(4)21(5)23(7)28(27)16-25/h8,10-13,15,27-28H,3,9,14,16H2,1-2,4-7H3. The highest BCUT2D eigenvalue weighted by Crippen LogP contribution is 2.50. The fraction of sp³-hybridized carbons (Fsp3) is 0.379. The summed E-state index contributed by atoms with van der Waals surface area (Å²) in [6.07, 6.45) is 10.6. The zero-order chi connectivity index (χ0) is 20.9. The molecular formula is C29H34. The van der Waals surface area contributed by atoms with Crippen LogP contribution >= 0.6 is 0 Å². The molecule has 4 rings (SSSR count). The first-order valence-electron chi connectivity index (χ1n) is 11.0. The molecule has 0 spiro atoms. The van der Waals surface area contributed by atoms with E-state index in [-0.39, 0.29) is 0 Å². The molecule has 0 bridgehead atoms. The van der Waals surface area contributed by atoms with E-state index in [1.54, 1.807) is 16.7 Å². The fourth-order valence-electron chi connectivity index (χ4n) is 5.69. The lowest BCUT2D eigenvalue weighted by molar-refractivity contribution is 0.522. The van der Waals surface area contributed by atoms with Gasteiger partial charge in [-0.05, 0) is 117 Å². The lowest BCUT2D eigenvalue weighted by Crippen LogP contribution is -2.18. The Morgan fingerprint density at radius 2 is 1.59 bits per heavy atom. The van der Waals surface area contributed by atoms with Crippen LogP contribution in [0.1, 0.15) is 63.6 Å². The van der Waals surface area contributed by atoms with Gasteiger partial charge in [-0.1, -0.05) is 54.2 Å². The van der Waals surface area contributed by atoms with E-state index in [4.69, 9.17) is 0 Å². The minimum absolute atomic E-state index is 0.582. The Morgan fingerprint density at radius 1 is 0.931 bits per heavy atom. The van der Waals surface area contributed by atoms with Gasteiger partial charge in [0.1, 0.15) is 0 Å². The third kappa shape index (κ3) is 3.33. The number of aryl methyl sites for hydroxylation is 2. The Hall–Kier alpha value is -2.34. The van der Waals surface area contributed by atoms with E-state index in [1.807, 2.05) is 0 Å². The Balaban J connectivity index is 1.58. The van der Waals surface area contributed by atoms with E-state index in [0.29, 0.717) is 11.8 Å². The van der Waals surface area contributed by atoms with Crippen LogP contribution in [0.2, 0.25) is 0 Å². The van der Waals surface area contributed by atoms with Crippen molar-refractivity contribution < 1.29 is 0 Å². The average Bonchev–Trinajstić information content (AvgIpc) is 3.31. The van der Waals surface area contributed by atoms with Gasteiger partial charge in [0.15, 0.2) is 0 Å². The second-order valence-corrected chi connectivity index (χ2v) is 9.27. The molecule has 3 aliphatic carbocycles. The lowest BCUT2D eigenvalue weighted by atomic mass is 9.74. The van der Waals surface area contributed by atoms with Crippen molar-refractivity contribution in [2.24, 2.45) is 11.8 Å². The quantitative estimate of drug-likeness (QED) is 0.492. The van der Waals surface area contributed by atoms with E-state index in [9.17, 15) is 0 Å². The summed E-state index contributed by atoms with van der Waals surface area (Å²) in [7, 11) is 0. The lowest BCUT2D eigenvalue weighted by Gasteiger charge is -2.30. The van der Waals surface area contributed by atoms with Crippen molar-refractivity contribution >= 4 is 5.57 Å². The van der Waals surface area contributed by atoms with Crippen LogP contribution in [0, 0.1) is 25.7 Å². The highest BCUT2D eigenvalue weighted by molar-refractivity contribution is 5.73. The molecule has 0 saturated carbocycles. The first kappa shape index (κ1) is 20.0. The highest BCUT2D eigenvalue weighted by Gasteiger charge is 2.36. The Labute approximate surface area is 177 Å². The van der Waals surface area contributed by atoms with Gasteiger partial charge in [-0.25, -0.2) is 0 Å². The van der Waals surface area contributed by atoms with Crippen molar-refractivity contribution in [3.05, 3.63) is 98.7 Å². The molecule has 0 saturated heterocycles. The number of rotatable bonds is 4. The predicted octanol–water partition coefficient (Wildman–Crippen LogP) is 8.21. The Kier molecular flexibility index (Phi) is 5.15. The van der Waals surface area contributed by atoms with Gasteiger partial charge in [0.05, 0.1) is 0 Å². The van der Waals surface area contributed by atoms with Gasteiger partial charge >= 0.3 is 0 Å². The largest absolute Gasteiger partial charge is 0.0949 e. The van der Waals surface area contributed by atoms with E-state index < -0.39 is 0 Å². The molecule has 0 heterocycles. The number of allylic oxidation sites excluding steroid dienone is 11. The maximum Gasteiger partial charge on any atom is 0.00546 e. The molecule has 0 heteroatoms. The van der Waals surface area contributed by atoms with Crippen LogP contribution in [-0.2, 0) is 0 Å². The summed E-state index contributed by atoms with van der Waals surface area (Å²) in [6.45, 7) is 18.2. The molecule has 2 unspecified atom stereocenters. The Bertz CT molecular complexity index is 1030. The summed E-state index contributed by atoms with van der Waals surface area (Å²) < 4.78 is 0. The summed E-state index contributed by atoms with van der Waals surface area (Å²) in [4.78, 5) is 0. The summed E-state index contributed by atoms with van der Waals surface area (Å²) in [5, 5.41) is 0. The van der Waals surface area contributed by atoms with Gasteiger partial charge in [0.25, 0.3) is 0 Å². The van der Waals surface area contributed by atoms with Gasteiger partial charge in [-0.3, -0.25) is 0 Å². The zero-order valence-electron chi connectivity index (χ0n) is 18.9. The minimum Gasteiger partial charge on any atom is -0.0949 e. The maximum atomic E-state index is 4.48. The monoisotopic (exact) mass is 382 g/mol. The van der Waals surface area contributed by atoms with E-state index in [1.165, 1.54) is 51.0 Å². The third-order valence-corrected chi connectivity index (χ3v) is 7.67. The third-order valence-electron chi connectivity index (χ3n) is 7.67. The molecule has 0 radical (unpaired) electrons. The number of hydrogen-bond acceptors (Lipinski definition) is 0. The van der Waals surface area contributed by atoms with E-state index in [2.05, 4.69) is 84.5 Å². The number of fused-ring (bicyclic) bond motifs is 1. The number of benzene rings is 1. The molecule has 0 nitrogen and oxygen atoms in total. The van der Waals surface area contributed by atoms with E-state index >= 15 is 0 Å². The first-order chi connectivity index (χ1) is 13.8. The molecule has 1 aromatic carbocycles. The van der Waals surface area contributed by atoms with Gasteiger partial charge < -0.3 is 0 Å². The molecule has 1 aromatic rings. The first-order valence-corrected chi connectivity index (χ1v) is 11.0. The molecule has 150 valence electrons. The van der Waals surface area contributed by atoms with Gasteiger partial charge in [-0.15, -0.1) is 0 Å². The minimum atomic E-state index is 0.582. The zero-order valence-corrected chi connectivity index (χ0v) is 18.9. The summed E-state index contributed by atoms with van der Waals surface area (Å²) in [5.41, 5.74) is 15.9. The molecule has 0 N–H and O–H groups in total. The van der Waals surface area contributed by atoms with Crippen molar-refractivity contribution in [1.82, 2.24) is 0 Å². The smallest absolute Gasteiger partial charge is 0.00546 e. The predicted molar refractivity (Wildman–Crippen MR) is 127 cm³/mol. The molecule has 0 aromatic heterocycles. The van der Waals surface area contributed by atoms with Crippen LogP contribution in [0.25, 0.3) is 5.57 Å². The fourth-order valence-corrected chi connectivity index (χ4v) is 5.69. The second kappa shape index (κ2) is 7.48. The van der Waals surface area contributed by atoms with Gasteiger partial charge in [0.2, 0.25) is 0 Å². The van der Waals surface area contributed by atoms with Crippen LogP contribution in [-0.4, -0.2) is 0 Å². The SMILES string of the molecule is C=C(CC1=CCC=C1C1=CC2C(C)=C(C)C(C)=C(C)C2C1)c1c(C)cccc1C. The summed E-state index contributed by atoms with van der Waals surface area (Å²) in [6, 6.07) is 6.54. The van der Waals surface area contributed by atoms with Crippen molar-refractivity contribution in [3.63, 3.8) is 0 Å². The maximum absolute atomic E-state index is 4.48. The van der Waals surface area contributed by atoms with Crippen LogP contribution in [0.3, 0.4) is 0 Å². The highest BCUT2D eigenvalue weighted by atomic mass is 14.4. The Morgan fingerprint density at radius 3 is 2.28 bits per heavy atom. The number of hydrogen-bond donors (Lipinski definition) is 0. The molecule has 3 aliphatic rings. The molecule has 2 atom stereocenters. The normalized spacial score (nSPS) is 23.9. The molecule has 0 aliphatic heterocycles. The average molecular weight is 383 g/mol. The summed E-state index contributed by atoms with van der Waals surface area (Å²) >= 11 is 0. The van der Waals surface area contributed by atoms with Crippen molar-refractivity contribution in [2.45, 2.75) is 60.8 Å². The molecule has 0 amide bonds. The topological polar surface area (TPSA) is 0 Å². The van der Waals surface area contributed by atoms with Crippen LogP contribution in [0.15, 0.2) is 82.0 Å². The summed E-state index contributed by atoms with van der Waals surface area (Å²) in [5.74, 6) is 1.23. The molecule has 29 heavy (non-hydrogen) atoms. The van der Waals surface area contributed by atoms with Crippen LogP contribution in [0.4, 0.5) is 0 Å². The van der Waals surface area contributed by atoms with Crippen LogP contribution < -0.4 is 0 Å². The molecular weight excluding hydrogens is 348 g/mol. The van der Waals surface area contributed by atoms with Crippen molar-refractivity contribution in [1.29, 1.82) is 0 Å². The van der Waals surface area contributed by atoms with E-state index in [0.717, 1.165) is 12.8 Å². The van der Waals surface area contributed by atoms with Crippen LogP contribution in [0.5, 0.6) is 0 Å². The molecule has 0 fully saturated rings. The van der Waals surface area contributed by atoms with Crippen molar-refractivity contribution in [2.75, 3.05) is 0 Å².